The van der Waals surface area contributed by atoms with Crippen LogP contribution in [-0.2, 0) is 4.74 Å². The number of hydrogen-bond acceptors (Lipinski definition) is 3. The smallest absolute Gasteiger partial charge is 0.134 e. The van der Waals surface area contributed by atoms with Gasteiger partial charge in [-0.25, -0.2) is 4.39 Å². The van der Waals surface area contributed by atoms with Gasteiger partial charge in [0.05, 0.1) is 12.6 Å². The van der Waals surface area contributed by atoms with Crippen LogP contribution >= 0.6 is 0 Å². The maximum atomic E-state index is 13.5. The van der Waals surface area contributed by atoms with E-state index in [-0.39, 0.29) is 11.9 Å². The topological polar surface area (TPSA) is 34.4 Å². The van der Waals surface area contributed by atoms with Gasteiger partial charge in [0.1, 0.15) is 17.2 Å². The van der Waals surface area contributed by atoms with Gasteiger partial charge in [-0.1, -0.05) is 6.92 Å². The van der Waals surface area contributed by atoms with Crippen LogP contribution in [0.2, 0.25) is 0 Å². The van der Waals surface area contributed by atoms with E-state index in [2.05, 4.69) is 12.2 Å². The predicted octanol–water partition coefficient (Wildman–Crippen LogP) is 3.96. The molecule has 0 spiro atoms. The standard InChI is InChI=1S/C17H22FNO2/c1-3-7-19-16(12-6-8-20-10-12)17-11(2)14-9-13(18)4-5-15(14)21-17/h4-5,9,12,16,19H,3,6-8,10H2,1-2H3. The fourth-order valence-electron chi connectivity index (χ4n) is 3.10. The summed E-state index contributed by atoms with van der Waals surface area (Å²) >= 11 is 0. The Kier molecular flexibility index (Phi) is 4.27. The lowest BCUT2D eigenvalue weighted by molar-refractivity contribution is 0.173. The molecule has 0 amide bonds. The molecule has 1 N–H and O–H groups in total. The average molecular weight is 291 g/mol. The van der Waals surface area contributed by atoms with Gasteiger partial charge < -0.3 is 14.5 Å². The lowest BCUT2D eigenvalue weighted by Crippen LogP contribution is -2.29. The molecular formula is C17H22FNO2. The van der Waals surface area contributed by atoms with E-state index in [9.17, 15) is 4.39 Å². The summed E-state index contributed by atoms with van der Waals surface area (Å²) < 4.78 is 25.0. The molecular weight excluding hydrogens is 269 g/mol. The van der Waals surface area contributed by atoms with Crippen molar-refractivity contribution in [1.29, 1.82) is 0 Å². The van der Waals surface area contributed by atoms with Crippen molar-refractivity contribution in [2.24, 2.45) is 5.92 Å². The number of halogens is 1. The largest absolute Gasteiger partial charge is 0.459 e. The van der Waals surface area contributed by atoms with Gasteiger partial charge in [-0.15, -0.1) is 0 Å². The van der Waals surface area contributed by atoms with E-state index in [1.54, 1.807) is 12.1 Å². The summed E-state index contributed by atoms with van der Waals surface area (Å²) in [5.74, 6) is 1.13. The summed E-state index contributed by atoms with van der Waals surface area (Å²) in [6.45, 7) is 6.66. The van der Waals surface area contributed by atoms with E-state index in [4.69, 9.17) is 9.15 Å². The Bertz CT molecular complexity index is 617. The SMILES string of the molecule is CCCNC(c1oc2ccc(F)cc2c1C)C1CCOC1. The number of hydrogen-bond donors (Lipinski definition) is 1. The zero-order valence-corrected chi connectivity index (χ0v) is 12.6. The Morgan fingerprint density at radius 2 is 2.29 bits per heavy atom. The first kappa shape index (κ1) is 14.5. The van der Waals surface area contributed by atoms with Crippen LogP contribution in [-0.4, -0.2) is 19.8 Å². The number of nitrogens with one attached hydrogen (secondary N) is 1. The number of furan rings is 1. The van der Waals surface area contributed by atoms with Crippen LogP contribution in [0.25, 0.3) is 11.0 Å². The van der Waals surface area contributed by atoms with E-state index in [1.807, 2.05) is 6.92 Å². The molecule has 2 atom stereocenters. The van der Waals surface area contributed by atoms with Gasteiger partial charge in [-0.2, -0.15) is 0 Å². The molecule has 1 aliphatic heterocycles. The zero-order chi connectivity index (χ0) is 14.8. The molecule has 1 fully saturated rings. The number of rotatable bonds is 5. The molecule has 2 aromatic rings. The molecule has 1 aromatic heterocycles. The highest BCUT2D eigenvalue weighted by molar-refractivity contribution is 5.82. The van der Waals surface area contributed by atoms with Crippen LogP contribution < -0.4 is 5.32 Å². The lowest BCUT2D eigenvalue weighted by atomic mass is 9.94. The molecule has 2 heterocycles. The first-order chi connectivity index (χ1) is 10.2. The highest BCUT2D eigenvalue weighted by Gasteiger charge is 2.30. The zero-order valence-electron chi connectivity index (χ0n) is 12.6. The molecule has 0 aliphatic carbocycles. The van der Waals surface area contributed by atoms with E-state index < -0.39 is 0 Å². The Hall–Kier alpha value is -1.39. The molecule has 2 unspecified atom stereocenters. The third kappa shape index (κ3) is 2.83. The predicted molar refractivity (Wildman–Crippen MR) is 80.9 cm³/mol. The minimum atomic E-state index is -0.222. The summed E-state index contributed by atoms with van der Waals surface area (Å²) in [5, 5.41) is 4.44. The summed E-state index contributed by atoms with van der Waals surface area (Å²) in [7, 11) is 0. The van der Waals surface area contributed by atoms with Gasteiger partial charge in [0.2, 0.25) is 0 Å². The van der Waals surface area contributed by atoms with Gasteiger partial charge in [-0.3, -0.25) is 0 Å². The van der Waals surface area contributed by atoms with Gasteiger partial charge >= 0.3 is 0 Å². The monoisotopic (exact) mass is 291 g/mol. The van der Waals surface area contributed by atoms with Crippen molar-refractivity contribution in [3.8, 4) is 0 Å². The van der Waals surface area contributed by atoms with Crippen molar-refractivity contribution in [3.05, 3.63) is 35.3 Å². The second kappa shape index (κ2) is 6.16. The first-order valence-corrected chi connectivity index (χ1v) is 7.70. The normalized spacial score (nSPS) is 20.2. The molecule has 114 valence electrons. The van der Waals surface area contributed by atoms with E-state index in [0.29, 0.717) is 5.92 Å². The van der Waals surface area contributed by atoms with Crippen molar-refractivity contribution < 1.29 is 13.5 Å². The number of ether oxygens (including phenoxy) is 1. The van der Waals surface area contributed by atoms with Crippen LogP contribution in [0.4, 0.5) is 4.39 Å². The van der Waals surface area contributed by atoms with E-state index in [1.165, 1.54) is 6.07 Å². The van der Waals surface area contributed by atoms with Crippen molar-refractivity contribution in [2.75, 3.05) is 19.8 Å². The van der Waals surface area contributed by atoms with Crippen LogP contribution in [0.5, 0.6) is 0 Å². The third-order valence-electron chi connectivity index (χ3n) is 4.27. The highest BCUT2D eigenvalue weighted by atomic mass is 19.1. The van der Waals surface area contributed by atoms with Crippen molar-refractivity contribution in [2.45, 2.75) is 32.7 Å². The minimum absolute atomic E-state index is 0.142. The molecule has 4 heteroatoms. The average Bonchev–Trinajstić information content (AvgIpc) is 3.10. The molecule has 0 radical (unpaired) electrons. The van der Waals surface area contributed by atoms with Gasteiger partial charge in [0.15, 0.2) is 0 Å². The highest BCUT2D eigenvalue weighted by Crippen LogP contribution is 2.36. The maximum Gasteiger partial charge on any atom is 0.134 e. The third-order valence-corrected chi connectivity index (χ3v) is 4.27. The van der Waals surface area contributed by atoms with Crippen molar-refractivity contribution in [3.63, 3.8) is 0 Å². The van der Waals surface area contributed by atoms with E-state index >= 15 is 0 Å². The molecule has 0 saturated carbocycles. The second-order valence-corrected chi connectivity index (χ2v) is 5.79. The molecule has 3 nitrogen and oxygen atoms in total. The Morgan fingerprint density at radius 3 is 3.00 bits per heavy atom. The Balaban J connectivity index is 1.99. The minimum Gasteiger partial charge on any atom is -0.459 e. The molecule has 0 bridgehead atoms. The molecule has 3 rings (SSSR count). The Morgan fingerprint density at radius 1 is 1.43 bits per heavy atom. The van der Waals surface area contributed by atoms with Gasteiger partial charge in [-0.05, 0) is 44.5 Å². The lowest BCUT2D eigenvalue weighted by Gasteiger charge is -2.22. The first-order valence-electron chi connectivity index (χ1n) is 7.70. The number of fused-ring (bicyclic) bond motifs is 1. The van der Waals surface area contributed by atoms with Gasteiger partial charge in [0.25, 0.3) is 0 Å². The fraction of sp³-hybridized carbons (Fsp3) is 0.529. The quantitative estimate of drug-likeness (QED) is 0.905. The summed E-state index contributed by atoms with van der Waals surface area (Å²) in [4.78, 5) is 0. The van der Waals surface area contributed by atoms with Gasteiger partial charge in [0, 0.05) is 23.5 Å². The second-order valence-electron chi connectivity index (χ2n) is 5.79. The molecule has 1 saturated heterocycles. The molecule has 1 aliphatic rings. The molecule has 1 aromatic carbocycles. The van der Waals surface area contributed by atoms with Crippen LogP contribution in [0.3, 0.4) is 0 Å². The van der Waals surface area contributed by atoms with Crippen molar-refractivity contribution in [1.82, 2.24) is 5.32 Å². The van der Waals surface area contributed by atoms with Crippen LogP contribution in [0.1, 0.15) is 37.1 Å². The number of aryl methyl sites for hydroxylation is 1. The summed E-state index contributed by atoms with van der Waals surface area (Å²) in [6, 6.07) is 4.85. The maximum absolute atomic E-state index is 13.5. The van der Waals surface area contributed by atoms with E-state index in [0.717, 1.165) is 54.9 Å². The van der Waals surface area contributed by atoms with Crippen molar-refractivity contribution >= 4 is 11.0 Å². The van der Waals surface area contributed by atoms with Crippen LogP contribution in [0.15, 0.2) is 22.6 Å². The number of benzene rings is 1. The fourth-order valence-corrected chi connectivity index (χ4v) is 3.10. The Labute approximate surface area is 124 Å². The summed E-state index contributed by atoms with van der Waals surface area (Å²) in [5.41, 5.74) is 1.79. The van der Waals surface area contributed by atoms with Crippen LogP contribution in [0, 0.1) is 18.7 Å². The summed E-state index contributed by atoms with van der Waals surface area (Å²) in [6.07, 6.45) is 2.10. The molecule has 21 heavy (non-hydrogen) atoms.